The van der Waals surface area contributed by atoms with Crippen LogP contribution in [0.4, 0.5) is 0 Å². The average molecular weight is 320 g/mol. The summed E-state index contributed by atoms with van der Waals surface area (Å²) in [6.07, 6.45) is 1.43. The van der Waals surface area contributed by atoms with Gasteiger partial charge in [0.05, 0.1) is 11.2 Å². The van der Waals surface area contributed by atoms with Crippen molar-refractivity contribution >= 4 is 17.2 Å². The fourth-order valence-corrected chi connectivity index (χ4v) is 2.51. The lowest BCUT2D eigenvalue weighted by Crippen LogP contribution is -2.32. The Kier molecular flexibility index (Phi) is 6.36. The van der Waals surface area contributed by atoms with E-state index in [1.165, 1.54) is 11.3 Å². The molecule has 0 saturated carbocycles. The van der Waals surface area contributed by atoms with E-state index in [4.69, 9.17) is 9.84 Å². The van der Waals surface area contributed by atoms with Gasteiger partial charge in [-0.05, 0) is 38.0 Å². The first-order valence-electron chi connectivity index (χ1n) is 7.20. The zero-order chi connectivity index (χ0) is 15.8. The summed E-state index contributed by atoms with van der Waals surface area (Å²) in [6, 6.07) is 7.12. The molecule has 5 nitrogen and oxygen atoms in total. The van der Waals surface area contributed by atoms with Crippen molar-refractivity contribution in [1.29, 1.82) is 0 Å². The van der Waals surface area contributed by atoms with E-state index in [0.29, 0.717) is 24.3 Å². The highest BCUT2D eigenvalue weighted by atomic mass is 32.1. The second-order valence-electron chi connectivity index (χ2n) is 5.04. The molecule has 0 fully saturated rings. The number of hydrogen-bond acceptors (Lipinski definition) is 5. The third-order valence-electron chi connectivity index (χ3n) is 3.14. The number of amides is 1. The van der Waals surface area contributed by atoms with Gasteiger partial charge in [0.15, 0.2) is 0 Å². The molecule has 1 atom stereocenters. The van der Waals surface area contributed by atoms with Crippen LogP contribution in [0.15, 0.2) is 35.2 Å². The predicted molar refractivity (Wildman–Crippen MR) is 86.1 cm³/mol. The number of hydrogen-bond donors (Lipinski definition) is 2. The lowest BCUT2D eigenvalue weighted by Gasteiger charge is -2.13. The molecule has 0 aliphatic heterocycles. The summed E-state index contributed by atoms with van der Waals surface area (Å²) in [6.45, 7) is 2.46. The molecule has 1 amide bonds. The summed E-state index contributed by atoms with van der Waals surface area (Å²) < 4.78 is 5.64. The quantitative estimate of drug-likeness (QED) is 0.784. The van der Waals surface area contributed by atoms with Crippen molar-refractivity contribution in [3.8, 4) is 5.75 Å². The molecule has 2 rings (SSSR count). The number of aliphatic hydroxyl groups excluding tert-OH is 1. The zero-order valence-electron chi connectivity index (χ0n) is 12.5. The molecule has 0 bridgehead atoms. The van der Waals surface area contributed by atoms with E-state index in [2.05, 4.69) is 10.3 Å². The molecule has 118 valence electrons. The number of aromatic nitrogens is 1. The molecule has 0 aliphatic rings. The Hall–Kier alpha value is -1.92. The highest BCUT2D eigenvalue weighted by Gasteiger charge is 2.10. The smallest absolute Gasteiger partial charge is 0.251 e. The molecule has 0 aliphatic carbocycles. The van der Waals surface area contributed by atoms with Crippen LogP contribution in [-0.4, -0.2) is 28.6 Å². The van der Waals surface area contributed by atoms with E-state index in [1.54, 1.807) is 23.7 Å². The number of thiazole rings is 1. The van der Waals surface area contributed by atoms with Gasteiger partial charge in [-0.2, -0.15) is 0 Å². The van der Waals surface area contributed by atoms with Gasteiger partial charge in [0.25, 0.3) is 5.91 Å². The highest BCUT2D eigenvalue weighted by Crippen LogP contribution is 2.15. The van der Waals surface area contributed by atoms with E-state index in [0.717, 1.165) is 12.1 Å². The lowest BCUT2D eigenvalue weighted by atomic mass is 10.1. The summed E-state index contributed by atoms with van der Waals surface area (Å²) in [7, 11) is 0. The van der Waals surface area contributed by atoms with Crippen LogP contribution in [0, 0.1) is 0 Å². The fraction of sp³-hybridized carbons (Fsp3) is 0.375. The summed E-state index contributed by atoms with van der Waals surface area (Å²) >= 11 is 1.52. The molecule has 0 radical (unpaired) electrons. The number of nitrogens with one attached hydrogen (secondary N) is 1. The second kappa shape index (κ2) is 8.51. The molecule has 1 unspecified atom stereocenters. The Morgan fingerprint density at radius 1 is 1.50 bits per heavy atom. The van der Waals surface area contributed by atoms with Gasteiger partial charge >= 0.3 is 0 Å². The third kappa shape index (κ3) is 5.13. The highest BCUT2D eigenvalue weighted by molar-refractivity contribution is 7.07. The van der Waals surface area contributed by atoms with Gasteiger partial charge in [0, 0.05) is 23.6 Å². The zero-order valence-corrected chi connectivity index (χ0v) is 13.3. The van der Waals surface area contributed by atoms with Crippen molar-refractivity contribution < 1.29 is 14.6 Å². The molecule has 2 aromatic rings. The van der Waals surface area contributed by atoms with E-state index in [-0.39, 0.29) is 18.6 Å². The molecule has 1 aromatic heterocycles. The Balaban J connectivity index is 1.91. The van der Waals surface area contributed by atoms with Gasteiger partial charge in [-0.15, -0.1) is 11.3 Å². The summed E-state index contributed by atoms with van der Waals surface area (Å²) in [5, 5.41) is 13.6. The van der Waals surface area contributed by atoms with Gasteiger partial charge in [0.1, 0.15) is 12.4 Å². The predicted octanol–water partition coefficient (Wildman–Crippen LogP) is 2.61. The minimum absolute atomic E-state index is 0.0271. The standard InChI is InChI=1S/C16H20N2O3S/c1-12(4-3-7-19)18-16(20)13-5-2-6-15(8-13)21-9-14-10-22-11-17-14/h2,5-6,8,10-12,19H,3-4,7,9H2,1H3,(H,18,20). The first kappa shape index (κ1) is 16.5. The van der Waals surface area contributed by atoms with Crippen LogP contribution in [0.1, 0.15) is 35.8 Å². The largest absolute Gasteiger partial charge is 0.487 e. The van der Waals surface area contributed by atoms with E-state index in [9.17, 15) is 4.79 Å². The Bertz CT molecular complexity index is 587. The maximum Gasteiger partial charge on any atom is 0.251 e. The van der Waals surface area contributed by atoms with Crippen molar-refractivity contribution in [2.45, 2.75) is 32.4 Å². The Labute approximate surface area is 134 Å². The minimum Gasteiger partial charge on any atom is -0.487 e. The monoisotopic (exact) mass is 320 g/mol. The number of carbonyl (C=O) groups excluding carboxylic acids is 1. The van der Waals surface area contributed by atoms with Crippen LogP contribution >= 0.6 is 11.3 Å². The van der Waals surface area contributed by atoms with Crippen molar-refractivity contribution in [1.82, 2.24) is 10.3 Å². The topological polar surface area (TPSA) is 71.5 Å². The van der Waals surface area contributed by atoms with Gasteiger partial charge in [-0.1, -0.05) is 6.07 Å². The van der Waals surface area contributed by atoms with Gasteiger partial charge in [-0.3, -0.25) is 4.79 Å². The van der Waals surface area contributed by atoms with Crippen LogP contribution in [0.25, 0.3) is 0 Å². The van der Waals surface area contributed by atoms with E-state index in [1.807, 2.05) is 18.4 Å². The molecule has 6 heteroatoms. The van der Waals surface area contributed by atoms with Crippen molar-refractivity contribution in [3.63, 3.8) is 0 Å². The normalized spacial score (nSPS) is 11.9. The number of aliphatic hydroxyl groups is 1. The van der Waals surface area contributed by atoms with E-state index >= 15 is 0 Å². The molecule has 22 heavy (non-hydrogen) atoms. The first-order valence-corrected chi connectivity index (χ1v) is 8.15. The number of benzene rings is 1. The Morgan fingerprint density at radius 3 is 3.09 bits per heavy atom. The van der Waals surface area contributed by atoms with Crippen molar-refractivity contribution in [3.05, 3.63) is 46.4 Å². The van der Waals surface area contributed by atoms with Gasteiger partial charge < -0.3 is 15.2 Å². The van der Waals surface area contributed by atoms with Crippen LogP contribution in [0.5, 0.6) is 5.75 Å². The Morgan fingerprint density at radius 2 is 2.36 bits per heavy atom. The second-order valence-corrected chi connectivity index (χ2v) is 5.76. The number of carbonyl (C=O) groups is 1. The summed E-state index contributed by atoms with van der Waals surface area (Å²) in [5.41, 5.74) is 3.19. The van der Waals surface area contributed by atoms with Crippen LogP contribution < -0.4 is 10.1 Å². The molecule has 1 heterocycles. The average Bonchev–Trinajstić information content (AvgIpc) is 3.04. The maximum absolute atomic E-state index is 12.2. The third-order valence-corrected chi connectivity index (χ3v) is 3.77. The molecular weight excluding hydrogens is 300 g/mol. The number of nitrogens with zero attached hydrogens (tertiary/aromatic N) is 1. The van der Waals surface area contributed by atoms with Gasteiger partial charge in [0.2, 0.25) is 0 Å². The van der Waals surface area contributed by atoms with E-state index < -0.39 is 0 Å². The van der Waals surface area contributed by atoms with Gasteiger partial charge in [-0.25, -0.2) is 4.98 Å². The van der Waals surface area contributed by atoms with Crippen LogP contribution in [0.2, 0.25) is 0 Å². The summed E-state index contributed by atoms with van der Waals surface area (Å²) in [5.74, 6) is 0.508. The molecular formula is C16H20N2O3S. The van der Waals surface area contributed by atoms with Crippen molar-refractivity contribution in [2.75, 3.05) is 6.61 Å². The number of rotatable bonds is 8. The molecule has 0 spiro atoms. The van der Waals surface area contributed by atoms with Crippen molar-refractivity contribution in [2.24, 2.45) is 0 Å². The van der Waals surface area contributed by atoms with Crippen LogP contribution in [-0.2, 0) is 6.61 Å². The number of ether oxygens (including phenoxy) is 1. The minimum atomic E-state index is -0.135. The van der Waals surface area contributed by atoms with Crippen LogP contribution in [0.3, 0.4) is 0 Å². The first-order chi connectivity index (χ1) is 10.7. The lowest BCUT2D eigenvalue weighted by molar-refractivity contribution is 0.0936. The SMILES string of the molecule is CC(CCCO)NC(=O)c1cccc(OCc2cscn2)c1. The maximum atomic E-state index is 12.2. The summed E-state index contributed by atoms with van der Waals surface area (Å²) in [4.78, 5) is 16.3. The molecule has 2 N–H and O–H groups in total. The fourth-order valence-electron chi connectivity index (χ4n) is 1.97. The molecule has 0 saturated heterocycles. The molecule has 1 aromatic carbocycles.